The first-order chi connectivity index (χ1) is 8.26. The van der Waals surface area contributed by atoms with Crippen LogP contribution in [0.2, 0.25) is 0 Å². The number of ether oxygens (including phenoxy) is 1. The Morgan fingerprint density at radius 3 is 3.06 bits per heavy atom. The fourth-order valence-corrected chi connectivity index (χ4v) is 1.96. The number of fused-ring (bicyclic) bond motifs is 2. The van der Waals surface area contributed by atoms with Crippen molar-refractivity contribution in [2.75, 3.05) is 5.73 Å². The van der Waals surface area contributed by atoms with Gasteiger partial charge in [-0.2, -0.15) is 0 Å². The summed E-state index contributed by atoms with van der Waals surface area (Å²) in [5.41, 5.74) is 8.37. The lowest BCUT2D eigenvalue weighted by atomic mass is 9.96. The van der Waals surface area contributed by atoms with Crippen molar-refractivity contribution >= 4 is 18.0 Å². The zero-order chi connectivity index (χ0) is 11.8. The van der Waals surface area contributed by atoms with Gasteiger partial charge in [0.2, 0.25) is 0 Å². The number of nitrogen functional groups attached to an aromatic ring is 1. The number of hydrogen-bond donors (Lipinski definition) is 1. The predicted molar refractivity (Wildman–Crippen MR) is 66.2 cm³/mol. The third-order valence-electron chi connectivity index (χ3n) is 2.85. The van der Waals surface area contributed by atoms with Gasteiger partial charge in [-0.05, 0) is 24.3 Å². The standard InChI is InChI=1S/C14H11NO2/c15-12-4-3-11-6-10-2-1-9(8-16)5-13(10)17-14(11)7-12/h1-9H,15H2. The minimum Gasteiger partial charge on any atom is -0.456 e. The van der Waals surface area contributed by atoms with E-state index in [0.29, 0.717) is 5.69 Å². The second kappa shape index (κ2) is 3.63. The van der Waals surface area contributed by atoms with E-state index in [1.54, 1.807) is 6.07 Å². The Hall–Kier alpha value is -2.29. The minimum absolute atomic E-state index is 0.204. The third kappa shape index (κ3) is 1.65. The highest BCUT2D eigenvalue weighted by atomic mass is 16.5. The quantitative estimate of drug-likeness (QED) is 0.589. The van der Waals surface area contributed by atoms with Gasteiger partial charge in [0.25, 0.3) is 0 Å². The molecule has 1 unspecified atom stereocenters. The second-order valence-corrected chi connectivity index (χ2v) is 4.10. The van der Waals surface area contributed by atoms with Gasteiger partial charge < -0.3 is 15.3 Å². The summed E-state index contributed by atoms with van der Waals surface area (Å²) in [5.74, 6) is 1.26. The lowest BCUT2D eigenvalue weighted by Crippen LogP contribution is -2.10. The smallest absolute Gasteiger partial charge is 0.136 e. The molecule has 0 saturated carbocycles. The van der Waals surface area contributed by atoms with Crippen molar-refractivity contribution in [1.29, 1.82) is 0 Å². The molecule has 1 aliphatic carbocycles. The van der Waals surface area contributed by atoms with Crippen molar-refractivity contribution < 1.29 is 9.53 Å². The number of carbonyl (C=O) groups excluding carboxylic acids is 1. The van der Waals surface area contributed by atoms with E-state index in [1.165, 1.54) is 0 Å². The predicted octanol–water partition coefficient (Wildman–Crippen LogP) is 2.31. The topological polar surface area (TPSA) is 52.3 Å². The Kier molecular flexibility index (Phi) is 2.11. The zero-order valence-corrected chi connectivity index (χ0v) is 9.09. The molecule has 17 heavy (non-hydrogen) atoms. The molecule has 0 bridgehead atoms. The average Bonchev–Trinajstić information content (AvgIpc) is 2.35. The molecule has 1 atom stereocenters. The summed E-state index contributed by atoms with van der Waals surface area (Å²) in [6, 6.07) is 5.56. The van der Waals surface area contributed by atoms with Crippen LogP contribution < -0.4 is 10.5 Å². The maximum absolute atomic E-state index is 10.7. The van der Waals surface area contributed by atoms with E-state index < -0.39 is 0 Å². The number of carbonyl (C=O) groups is 1. The summed E-state index contributed by atoms with van der Waals surface area (Å²) in [6.45, 7) is 0. The SMILES string of the molecule is Nc1ccc2c(c1)OC1=CC(C=O)C=CC1=C2. The Morgan fingerprint density at radius 1 is 1.35 bits per heavy atom. The summed E-state index contributed by atoms with van der Waals surface area (Å²) < 4.78 is 5.75. The number of benzene rings is 1. The van der Waals surface area contributed by atoms with E-state index in [1.807, 2.05) is 36.4 Å². The highest BCUT2D eigenvalue weighted by Gasteiger charge is 2.19. The van der Waals surface area contributed by atoms with Crippen molar-refractivity contribution in [1.82, 2.24) is 0 Å². The van der Waals surface area contributed by atoms with E-state index in [9.17, 15) is 4.79 Å². The van der Waals surface area contributed by atoms with E-state index >= 15 is 0 Å². The molecule has 1 aromatic rings. The van der Waals surface area contributed by atoms with Crippen LogP contribution in [0.3, 0.4) is 0 Å². The average molecular weight is 225 g/mol. The van der Waals surface area contributed by atoms with Gasteiger partial charge in [-0.15, -0.1) is 0 Å². The van der Waals surface area contributed by atoms with E-state index in [0.717, 1.165) is 28.9 Å². The van der Waals surface area contributed by atoms with Crippen molar-refractivity contribution in [2.24, 2.45) is 5.92 Å². The van der Waals surface area contributed by atoms with Crippen LogP contribution in [-0.2, 0) is 4.79 Å². The second-order valence-electron chi connectivity index (χ2n) is 4.10. The normalized spacial score (nSPS) is 20.6. The molecule has 1 heterocycles. The summed E-state index contributed by atoms with van der Waals surface area (Å²) >= 11 is 0. The van der Waals surface area contributed by atoms with Crippen molar-refractivity contribution in [3.05, 3.63) is 53.3 Å². The van der Waals surface area contributed by atoms with Crippen LogP contribution in [0.15, 0.2) is 47.8 Å². The van der Waals surface area contributed by atoms with Crippen molar-refractivity contribution in [3.8, 4) is 5.75 Å². The van der Waals surface area contributed by atoms with Gasteiger partial charge in [-0.1, -0.05) is 12.2 Å². The van der Waals surface area contributed by atoms with Gasteiger partial charge in [0.05, 0.1) is 5.92 Å². The summed E-state index contributed by atoms with van der Waals surface area (Å²) in [6.07, 6.45) is 8.49. The van der Waals surface area contributed by atoms with Crippen LogP contribution in [-0.4, -0.2) is 6.29 Å². The number of rotatable bonds is 1. The summed E-state index contributed by atoms with van der Waals surface area (Å²) in [5, 5.41) is 0. The van der Waals surface area contributed by atoms with Crippen LogP contribution in [0.1, 0.15) is 5.56 Å². The molecule has 2 N–H and O–H groups in total. The summed E-state index contributed by atoms with van der Waals surface area (Å²) in [7, 11) is 0. The number of aldehydes is 1. The lowest BCUT2D eigenvalue weighted by molar-refractivity contribution is -0.109. The fraction of sp³-hybridized carbons (Fsp3) is 0.0714. The molecule has 1 aromatic carbocycles. The maximum Gasteiger partial charge on any atom is 0.136 e. The van der Waals surface area contributed by atoms with Gasteiger partial charge >= 0.3 is 0 Å². The molecule has 0 fully saturated rings. The third-order valence-corrected chi connectivity index (χ3v) is 2.85. The molecule has 0 aromatic heterocycles. The van der Waals surface area contributed by atoms with Crippen molar-refractivity contribution in [2.45, 2.75) is 0 Å². The van der Waals surface area contributed by atoms with E-state index in [2.05, 4.69) is 0 Å². The molecular weight excluding hydrogens is 214 g/mol. The molecule has 0 saturated heterocycles. The van der Waals surface area contributed by atoms with Gasteiger partial charge in [0.15, 0.2) is 0 Å². The monoisotopic (exact) mass is 225 g/mol. The number of anilines is 1. The Bertz CT molecular complexity index is 582. The highest BCUT2D eigenvalue weighted by molar-refractivity contribution is 5.74. The molecule has 0 radical (unpaired) electrons. The fourth-order valence-electron chi connectivity index (χ4n) is 1.96. The van der Waals surface area contributed by atoms with E-state index in [4.69, 9.17) is 10.5 Å². The van der Waals surface area contributed by atoms with Crippen LogP contribution in [0.4, 0.5) is 5.69 Å². The molecule has 2 aliphatic rings. The van der Waals surface area contributed by atoms with Crippen LogP contribution in [0, 0.1) is 5.92 Å². The van der Waals surface area contributed by atoms with Gasteiger partial charge in [-0.3, -0.25) is 0 Å². The molecule has 0 amide bonds. The molecule has 3 nitrogen and oxygen atoms in total. The largest absolute Gasteiger partial charge is 0.456 e. The number of nitrogens with two attached hydrogens (primary N) is 1. The van der Waals surface area contributed by atoms with Crippen molar-refractivity contribution in [3.63, 3.8) is 0 Å². The number of allylic oxidation sites excluding steroid dienone is 3. The first-order valence-corrected chi connectivity index (χ1v) is 5.41. The zero-order valence-electron chi connectivity index (χ0n) is 9.09. The first-order valence-electron chi connectivity index (χ1n) is 5.41. The molecule has 3 rings (SSSR count). The maximum atomic E-state index is 10.7. The highest BCUT2D eigenvalue weighted by Crippen LogP contribution is 2.35. The Labute approximate surface area is 98.9 Å². The van der Waals surface area contributed by atoms with Crippen LogP contribution in [0.5, 0.6) is 5.75 Å². The summed E-state index contributed by atoms with van der Waals surface area (Å²) in [4.78, 5) is 10.7. The Balaban J connectivity index is 2.08. The van der Waals surface area contributed by atoms with Gasteiger partial charge in [0, 0.05) is 22.9 Å². The molecular formula is C14H11NO2. The molecule has 3 heteroatoms. The first kappa shape index (κ1) is 9.90. The molecule has 84 valence electrons. The minimum atomic E-state index is -0.204. The van der Waals surface area contributed by atoms with Gasteiger partial charge in [-0.25, -0.2) is 0 Å². The van der Waals surface area contributed by atoms with E-state index in [-0.39, 0.29) is 5.92 Å². The number of hydrogen-bond acceptors (Lipinski definition) is 3. The van der Waals surface area contributed by atoms with Gasteiger partial charge in [0.1, 0.15) is 17.8 Å². The molecule has 0 spiro atoms. The molecule has 1 aliphatic heterocycles. The Morgan fingerprint density at radius 2 is 2.24 bits per heavy atom. The van der Waals surface area contributed by atoms with Crippen LogP contribution >= 0.6 is 0 Å². The van der Waals surface area contributed by atoms with Crippen LogP contribution in [0.25, 0.3) is 6.08 Å². The lowest BCUT2D eigenvalue weighted by Gasteiger charge is -2.22.